The summed E-state index contributed by atoms with van der Waals surface area (Å²) in [7, 11) is 0. The van der Waals surface area contributed by atoms with E-state index in [9.17, 15) is 4.79 Å². The van der Waals surface area contributed by atoms with E-state index in [0.29, 0.717) is 24.7 Å². The first-order valence-electron chi connectivity index (χ1n) is 5.90. The third kappa shape index (κ3) is 2.88. The molecule has 1 aromatic heterocycles. The highest BCUT2D eigenvalue weighted by atomic mass is 32.1. The zero-order chi connectivity index (χ0) is 13.1. The Kier molecular flexibility index (Phi) is 4.31. The molecule has 1 unspecified atom stereocenters. The van der Waals surface area contributed by atoms with Crippen molar-refractivity contribution in [3.8, 4) is 0 Å². The van der Waals surface area contributed by atoms with Crippen LogP contribution in [0.25, 0.3) is 0 Å². The summed E-state index contributed by atoms with van der Waals surface area (Å²) in [6.45, 7) is 3.61. The second-order valence-electron chi connectivity index (χ2n) is 4.13. The van der Waals surface area contributed by atoms with Crippen molar-refractivity contribution < 1.29 is 9.53 Å². The smallest absolute Gasteiger partial charge is 0.264 e. The van der Waals surface area contributed by atoms with Gasteiger partial charge in [-0.05, 0) is 18.6 Å². The number of morpholine rings is 1. The molecular weight excluding hydrogens is 268 g/mol. The minimum absolute atomic E-state index is 0.0456. The van der Waals surface area contributed by atoms with Crippen LogP contribution < -0.4 is 5.73 Å². The number of rotatable bonds is 3. The normalized spacial score (nSPS) is 19.8. The summed E-state index contributed by atoms with van der Waals surface area (Å²) in [5, 5.41) is 0. The van der Waals surface area contributed by atoms with Crippen molar-refractivity contribution in [3.05, 3.63) is 21.9 Å². The third-order valence-corrected chi connectivity index (χ3v) is 4.37. The molecule has 0 aromatic carbocycles. The van der Waals surface area contributed by atoms with Gasteiger partial charge in [-0.25, -0.2) is 0 Å². The van der Waals surface area contributed by atoms with Gasteiger partial charge in [0.1, 0.15) is 11.1 Å². The van der Waals surface area contributed by atoms with Crippen LogP contribution in [0.3, 0.4) is 0 Å². The lowest BCUT2D eigenvalue weighted by Crippen LogP contribution is -2.49. The van der Waals surface area contributed by atoms with Crippen molar-refractivity contribution in [1.82, 2.24) is 4.90 Å². The van der Waals surface area contributed by atoms with E-state index >= 15 is 0 Å². The van der Waals surface area contributed by atoms with E-state index in [0.717, 1.165) is 11.3 Å². The molecule has 0 radical (unpaired) electrons. The van der Waals surface area contributed by atoms with Gasteiger partial charge in [-0.3, -0.25) is 4.79 Å². The van der Waals surface area contributed by atoms with Gasteiger partial charge in [0.25, 0.3) is 5.91 Å². The Balaban J connectivity index is 2.06. The number of hydrogen-bond donors (Lipinski definition) is 1. The first-order valence-corrected chi connectivity index (χ1v) is 7.13. The van der Waals surface area contributed by atoms with E-state index in [1.165, 1.54) is 4.88 Å². The van der Waals surface area contributed by atoms with Crippen LogP contribution in [0, 0.1) is 0 Å². The number of hydrogen-bond acceptors (Lipinski definition) is 4. The molecule has 1 aliphatic heterocycles. The lowest BCUT2D eigenvalue weighted by molar-refractivity contribution is 0.00903. The van der Waals surface area contributed by atoms with E-state index in [2.05, 4.69) is 6.92 Å². The molecule has 6 heteroatoms. The predicted octanol–water partition coefficient (Wildman–Crippen LogP) is 1.44. The van der Waals surface area contributed by atoms with Gasteiger partial charge in [-0.1, -0.05) is 19.1 Å². The number of thiophene rings is 1. The molecule has 1 amide bonds. The molecule has 1 atom stereocenters. The third-order valence-electron chi connectivity index (χ3n) is 2.89. The van der Waals surface area contributed by atoms with Crippen LogP contribution in [-0.2, 0) is 11.2 Å². The molecule has 1 aliphatic rings. The number of ether oxygens (including phenoxy) is 1. The van der Waals surface area contributed by atoms with Crippen LogP contribution in [0.15, 0.2) is 12.1 Å². The Labute approximate surface area is 116 Å². The lowest BCUT2D eigenvalue weighted by Gasteiger charge is -2.32. The molecule has 98 valence electrons. The Hall–Kier alpha value is -0.980. The maximum absolute atomic E-state index is 12.3. The van der Waals surface area contributed by atoms with Crippen LogP contribution in [0.2, 0.25) is 0 Å². The molecule has 0 spiro atoms. The molecule has 1 fully saturated rings. The van der Waals surface area contributed by atoms with Crippen LogP contribution in [0.1, 0.15) is 21.5 Å². The molecule has 0 aliphatic carbocycles. The van der Waals surface area contributed by atoms with E-state index in [1.807, 2.05) is 12.1 Å². The molecule has 0 saturated carbocycles. The topological polar surface area (TPSA) is 55.6 Å². The minimum Gasteiger partial charge on any atom is -0.391 e. The highest BCUT2D eigenvalue weighted by molar-refractivity contribution is 7.80. The predicted molar refractivity (Wildman–Crippen MR) is 76.1 cm³/mol. The molecule has 2 heterocycles. The lowest BCUT2D eigenvalue weighted by atomic mass is 10.2. The first-order chi connectivity index (χ1) is 8.61. The summed E-state index contributed by atoms with van der Waals surface area (Å²) in [6.07, 6.45) is 0.639. The molecule has 2 N–H and O–H groups in total. The summed E-state index contributed by atoms with van der Waals surface area (Å²) in [6, 6.07) is 3.89. The molecule has 4 nitrogen and oxygen atoms in total. The van der Waals surface area contributed by atoms with Crippen LogP contribution in [0.5, 0.6) is 0 Å². The van der Waals surface area contributed by atoms with E-state index in [4.69, 9.17) is 22.7 Å². The number of nitrogens with zero attached hydrogens (tertiary/aromatic N) is 1. The van der Waals surface area contributed by atoms with Gasteiger partial charge in [0.05, 0.1) is 18.0 Å². The highest BCUT2D eigenvalue weighted by Crippen LogP contribution is 2.20. The zero-order valence-electron chi connectivity index (χ0n) is 10.2. The van der Waals surface area contributed by atoms with Gasteiger partial charge in [0.15, 0.2) is 0 Å². The van der Waals surface area contributed by atoms with Gasteiger partial charge >= 0.3 is 0 Å². The number of carbonyl (C=O) groups is 1. The minimum atomic E-state index is -0.316. The summed E-state index contributed by atoms with van der Waals surface area (Å²) in [5.41, 5.74) is 5.56. The average Bonchev–Trinajstić information content (AvgIpc) is 2.86. The average molecular weight is 284 g/mol. The number of aryl methyl sites for hydroxylation is 1. The molecule has 1 saturated heterocycles. The van der Waals surface area contributed by atoms with Gasteiger partial charge in [-0.2, -0.15) is 0 Å². The second-order valence-corrected chi connectivity index (χ2v) is 5.77. The standard InChI is InChI=1S/C12H16N2O2S2/c1-2-8-3-4-10(18-8)12(15)14-5-6-16-9(7-14)11(13)17/h3-4,9H,2,5-7H2,1H3,(H2,13,17). The van der Waals surface area contributed by atoms with Crippen molar-refractivity contribution in [2.45, 2.75) is 19.4 Å². The summed E-state index contributed by atoms with van der Waals surface area (Å²) in [4.78, 5) is 16.4. The second kappa shape index (κ2) is 5.77. The maximum Gasteiger partial charge on any atom is 0.264 e. The SMILES string of the molecule is CCc1ccc(C(=O)N2CCOC(C(N)=S)C2)s1. The van der Waals surface area contributed by atoms with Crippen LogP contribution in [-0.4, -0.2) is 41.6 Å². The molecule has 1 aromatic rings. The summed E-state index contributed by atoms with van der Waals surface area (Å²) in [5.74, 6) is 0.0456. The zero-order valence-corrected chi connectivity index (χ0v) is 11.9. The van der Waals surface area contributed by atoms with Crippen molar-refractivity contribution in [2.24, 2.45) is 5.73 Å². The largest absolute Gasteiger partial charge is 0.391 e. The van der Waals surface area contributed by atoms with Gasteiger partial charge in [0.2, 0.25) is 0 Å². The monoisotopic (exact) mass is 284 g/mol. The van der Waals surface area contributed by atoms with E-state index in [-0.39, 0.29) is 12.0 Å². The Morgan fingerprint density at radius 2 is 2.44 bits per heavy atom. The van der Waals surface area contributed by atoms with E-state index in [1.54, 1.807) is 16.2 Å². The quantitative estimate of drug-likeness (QED) is 0.853. The number of thiocarbonyl (C=S) groups is 1. The number of nitrogens with two attached hydrogens (primary N) is 1. The molecule has 18 heavy (non-hydrogen) atoms. The Morgan fingerprint density at radius 1 is 1.67 bits per heavy atom. The molecular formula is C12H16N2O2S2. The van der Waals surface area contributed by atoms with Gasteiger partial charge in [-0.15, -0.1) is 11.3 Å². The van der Waals surface area contributed by atoms with Crippen LogP contribution in [0.4, 0.5) is 0 Å². The molecule has 0 bridgehead atoms. The Morgan fingerprint density at radius 3 is 3.06 bits per heavy atom. The van der Waals surface area contributed by atoms with Crippen molar-refractivity contribution in [3.63, 3.8) is 0 Å². The van der Waals surface area contributed by atoms with Gasteiger partial charge in [0, 0.05) is 11.4 Å². The summed E-state index contributed by atoms with van der Waals surface area (Å²) >= 11 is 6.46. The molecule has 2 rings (SSSR count). The fourth-order valence-electron chi connectivity index (χ4n) is 1.84. The highest BCUT2D eigenvalue weighted by Gasteiger charge is 2.27. The van der Waals surface area contributed by atoms with Crippen molar-refractivity contribution in [2.75, 3.05) is 19.7 Å². The number of amides is 1. The van der Waals surface area contributed by atoms with E-state index < -0.39 is 0 Å². The maximum atomic E-state index is 12.3. The first kappa shape index (κ1) is 13.5. The Bertz CT molecular complexity index is 459. The van der Waals surface area contributed by atoms with Crippen molar-refractivity contribution in [1.29, 1.82) is 0 Å². The summed E-state index contributed by atoms with van der Waals surface area (Å²) < 4.78 is 5.43. The van der Waals surface area contributed by atoms with Gasteiger partial charge < -0.3 is 15.4 Å². The fraction of sp³-hybridized carbons (Fsp3) is 0.500. The van der Waals surface area contributed by atoms with Crippen LogP contribution >= 0.6 is 23.6 Å². The number of carbonyl (C=O) groups excluding carboxylic acids is 1. The fourth-order valence-corrected chi connectivity index (χ4v) is 2.90. The van der Waals surface area contributed by atoms with Crippen molar-refractivity contribution >= 4 is 34.5 Å².